The topological polar surface area (TPSA) is 124 Å². The van der Waals surface area contributed by atoms with Gasteiger partial charge in [0.2, 0.25) is 17.4 Å². The van der Waals surface area contributed by atoms with Gasteiger partial charge in [0.05, 0.1) is 6.08 Å². The molecule has 2 aliphatic rings. The lowest BCUT2D eigenvalue weighted by atomic mass is 10.1. The molecule has 0 aliphatic carbocycles. The molecule has 0 radical (unpaired) electrons. The lowest BCUT2D eigenvalue weighted by Crippen LogP contribution is -2.58. The normalized spacial score (nSPS) is 28.0. The molecule has 2 aliphatic heterocycles. The highest BCUT2D eigenvalue weighted by Gasteiger charge is 2.79. The summed E-state index contributed by atoms with van der Waals surface area (Å²) < 4.78 is 356. The maximum Gasteiger partial charge on any atom is 0.464 e. The summed E-state index contributed by atoms with van der Waals surface area (Å²) in [6.07, 6.45) is -34.1. The van der Waals surface area contributed by atoms with E-state index < -0.39 is 122 Å². The first-order chi connectivity index (χ1) is 23.3. The number of ether oxygens (including phenoxy) is 6. The molecule has 0 aromatic rings. The third-order valence-corrected chi connectivity index (χ3v) is 7.61. The molecular weight excluding hydrogens is 889 g/mol. The van der Waals surface area contributed by atoms with E-state index in [1.165, 1.54) is 0 Å². The van der Waals surface area contributed by atoms with Gasteiger partial charge in [0, 0.05) is 0 Å². The van der Waals surface area contributed by atoms with Gasteiger partial charge >= 0.3 is 79.1 Å². The molecule has 0 amide bonds. The Morgan fingerprint density at radius 2 is 0.944 bits per heavy atom. The molecule has 2 fully saturated rings. The number of alkyl halides is 16. The highest BCUT2D eigenvalue weighted by Crippen LogP contribution is 2.54. The molecule has 4 unspecified atom stereocenters. The summed E-state index contributed by atoms with van der Waals surface area (Å²) in [5, 5.41) is -13.9. The lowest BCUT2D eigenvalue weighted by Gasteiger charge is -2.34. The number of hydrogen-bond acceptors (Lipinski definition) is 10. The fourth-order valence-corrected chi connectivity index (χ4v) is 3.72. The van der Waals surface area contributed by atoms with Crippen LogP contribution in [-0.2, 0) is 48.9 Å². The van der Waals surface area contributed by atoms with Gasteiger partial charge in [-0.05, 0) is 13.8 Å². The number of rotatable bonds is 13. The van der Waals surface area contributed by atoms with E-state index in [9.17, 15) is 117 Å². The van der Waals surface area contributed by atoms with Crippen molar-refractivity contribution in [2.24, 2.45) is 0 Å². The average molecular weight is 900 g/mol. The second-order valence-corrected chi connectivity index (χ2v) is 12.7. The van der Waals surface area contributed by atoms with E-state index >= 15 is 0 Å². The van der Waals surface area contributed by atoms with Crippen LogP contribution < -0.4 is 0 Å². The van der Waals surface area contributed by atoms with Gasteiger partial charge in [0.15, 0.2) is 0 Å². The Morgan fingerprint density at radius 1 is 0.611 bits per heavy atom. The van der Waals surface area contributed by atoms with Gasteiger partial charge < -0.3 is 9.47 Å². The van der Waals surface area contributed by atoms with Crippen molar-refractivity contribution in [1.29, 1.82) is 0 Å². The van der Waals surface area contributed by atoms with Crippen molar-refractivity contribution >= 4 is 20.4 Å². The van der Waals surface area contributed by atoms with Crippen LogP contribution >= 0.6 is 0 Å². The molecule has 10 nitrogen and oxygen atoms in total. The van der Waals surface area contributed by atoms with Crippen LogP contribution in [0.4, 0.5) is 100.0 Å². The van der Waals surface area contributed by atoms with Gasteiger partial charge in [0.1, 0.15) is 13.2 Å². The second-order valence-electron chi connectivity index (χ2n) is 9.94. The molecular formula is C19H11F23O10S2. The van der Waals surface area contributed by atoms with Crippen molar-refractivity contribution in [3.63, 3.8) is 0 Å². The summed E-state index contributed by atoms with van der Waals surface area (Å²) in [5.74, 6) is -25.7. The van der Waals surface area contributed by atoms with E-state index in [-0.39, 0.29) is 13.8 Å². The third kappa shape index (κ3) is 9.05. The number of halogens is 23. The summed E-state index contributed by atoms with van der Waals surface area (Å²) in [6, 6.07) is 0. The molecule has 0 spiro atoms. The summed E-state index contributed by atoms with van der Waals surface area (Å²) in [5.41, 5.74) is 0. The third-order valence-electron chi connectivity index (χ3n) is 5.91. The Kier molecular flexibility index (Phi) is 13.0. The minimum absolute atomic E-state index is 0.0946. The smallest absolute Gasteiger partial charge is 0.338 e. The molecule has 2 saturated heterocycles. The Morgan fingerprint density at radius 3 is 1.26 bits per heavy atom. The zero-order valence-electron chi connectivity index (χ0n) is 24.6. The number of hydrogen-bond donors (Lipinski definition) is 0. The monoisotopic (exact) mass is 900 g/mol. The minimum Gasteiger partial charge on any atom is -0.338 e. The predicted molar refractivity (Wildman–Crippen MR) is 116 cm³/mol. The van der Waals surface area contributed by atoms with Gasteiger partial charge in [-0.3, -0.25) is 9.47 Å². The first-order valence-electron chi connectivity index (χ1n) is 12.0. The molecule has 2 rings (SSSR count). The van der Waals surface area contributed by atoms with E-state index in [1.54, 1.807) is 0 Å². The van der Waals surface area contributed by atoms with Crippen LogP contribution in [0.2, 0.25) is 0 Å². The Balaban J connectivity index is 0.000000541. The van der Waals surface area contributed by atoms with Crippen molar-refractivity contribution in [2.45, 2.75) is 78.0 Å². The molecule has 0 N–H and O–H groups in total. The average Bonchev–Trinajstić information content (AvgIpc) is 3.44. The zero-order chi connectivity index (χ0) is 43.6. The predicted octanol–water partition coefficient (Wildman–Crippen LogP) is 7.51. The molecule has 0 aromatic carbocycles. The highest BCUT2D eigenvalue weighted by molar-refractivity contribution is 7.87. The van der Waals surface area contributed by atoms with Crippen LogP contribution in [0.3, 0.4) is 0 Å². The molecule has 35 heteroatoms. The molecule has 0 saturated carbocycles. The zero-order valence-corrected chi connectivity index (χ0v) is 26.2. The SMILES string of the molecule is CC1(C(F)(F)C=C(F)F)OCC(F)(C(F)(F)OC(F)(F)C(F)(F)S(=O)(=O)F)O1.CC1(C(F)=C(F)F)OCC(F)(C(F)(F)OC(F)(F)C(F)(F)S(=O)(=O)F)O1. The van der Waals surface area contributed by atoms with Gasteiger partial charge in [-0.2, -0.15) is 109 Å². The summed E-state index contributed by atoms with van der Waals surface area (Å²) in [6.45, 7) is -4.76. The first-order valence-corrected chi connectivity index (χ1v) is 14.8. The molecule has 0 aromatic heterocycles. The van der Waals surface area contributed by atoms with Crippen molar-refractivity contribution in [3.05, 3.63) is 24.1 Å². The molecule has 4 atom stereocenters. The standard InChI is InChI=1S/C10H6F12O5S.C9H5F11O5S/c1-5(6(13,14)2-4(11)12)25-3-7(15,26-5)8(16,17)27-9(18,19)10(20,21)28(22,23)24;1-5(3(10)4(11)12)23-2-6(13,24-5)7(14,15)25-8(16,17)9(18,19)26(20,21)22/h2H,3H2,1H3;2H2,1H3. The maximum absolute atomic E-state index is 14.1. The first kappa shape index (κ1) is 49.5. The van der Waals surface area contributed by atoms with E-state index in [1.807, 2.05) is 0 Å². The summed E-state index contributed by atoms with van der Waals surface area (Å²) in [7, 11) is -15.1. The van der Waals surface area contributed by atoms with Gasteiger partial charge in [-0.1, -0.05) is 7.77 Å². The Labute approximate surface area is 281 Å². The summed E-state index contributed by atoms with van der Waals surface area (Å²) >= 11 is 0. The van der Waals surface area contributed by atoms with Crippen LogP contribution in [0.1, 0.15) is 13.8 Å². The molecule has 2 heterocycles. The Hall–Kier alpha value is -2.47. The minimum atomic E-state index is -7.58. The van der Waals surface area contributed by atoms with Crippen molar-refractivity contribution in [2.75, 3.05) is 13.2 Å². The van der Waals surface area contributed by atoms with Crippen molar-refractivity contribution < 1.29 is 145 Å². The lowest BCUT2D eigenvalue weighted by molar-refractivity contribution is -0.472. The second kappa shape index (κ2) is 14.2. The fourth-order valence-electron chi connectivity index (χ4n) is 3.07. The van der Waals surface area contributed by atoms with Gasteiger partial charge in [-0.25, -0.2) is 9.47 Å². The van der Waals surface area contributed by atoms with Crippen molar-refractivity contribution in [3.8, 4) is 0 Å². The van der Waals surface area contributed by atoms with Crippen LogP contribution in [0.15, 0.2) is 24.1 Å². The molecule has 54 heavy (non-hydrogen) atoms. The Bertz CT molecular complexity index is 1700. The maximum atomic E-state index is 14.1. The molecule has 0 bridgehead atoms. The summed E-state index contributed by atoms with van der Waals surface area (Å²) in [4.78, 5) is 0. The van der Waals surface area contributed by atoms with E-state index in [2.05, 4.69) is 28.4 Å². The van der Waals surface area contributed by atoms with Crippen LogP contribution in [0.25, 0.3) is 0 Å². The van der Waals surface area contributed by atoms with Crippen LogP contribution in [0, 0.1) is 0 Å². The fraction of sp³-hybridized carbons (Fsp3) is 0.789. The van der Waals surface area contributed by atoms with Gasteiger partial charge in [-0.15, -0.1) is 0 Å². The van der Waals surface area contributed by atoms with E-state index in [0.29, 0.717) is 0 Å². The van der Waals surface area contributed by atoms with E-state index in [4.69, 9.17) is 0 Å². The quantitative estimate of drug-likeness (QED) is 0.136. The van der Waals surface area contributed by atoms with Gasteiger partial charge in [0.25, 0.3) is 6.08 Å². The largest absolute Gasteiger partial charge is 0.464 e. The van der Waals surface area contributed by atoms with E-state index in [0.717, 1.165) is 0 Å². The molecule has 320 valence electrons. The van der Waals surface area contributed by atoms with Crippen LogP contribution in [-0.4, -0.2) is 94.2 Å². The highest BCUT2D eigenvalue weighted by atomic mass is 32.3. The van der Waals surface area contributed by atoms with Crippen molar-refractivity contribution in [1.82, 2.24) is 0 Å². The van der Waals surface area contributed by atoms with Crippen LogP contribution in [0.5, 0.6) is 0 Å².